The molecule has 0 aromatic carbocycles. The SMILES string of the molecule is c1cncc(CC2CCCN(Cc3cncs3)C2)c1. The third kappa shape index (κ3) is 3.61. The minimum atomic E-state index is 0.769. The molecule has 0 bridgehead atoms. The second-order valence-electron chi connectivity index (χ2n) is 5.28. The van der Waals surface area contributed by atoms with E-state index in [0.717, 1.165) is 18.9 Å². The summed E-state index contributed by atoms with van der Waals surface area (Å²) in [6.07, 6.45) is 9.66. The van der Waals surface area contributed by atoms with Gasteiger partial charge in [-0.15, -0.1) is 11.3 Å². The van der Waals surface area contributed by atoms with E-state index < -0.39 is 0 Å². The van der Waals surface area contributed by atoms with E-state index >= 15 is 0 Å². The van der Waals surface area contributed by atoms with Crippen LogP contribution in [0, 0.1) is 5.92 Å². The molecule has 3 nitrogen and oxygen atoms in total. The molecule has 0 N–H and O–H groups in total. The molecule has 2 aromatic rings. The maximum Gasteiger partial charge on any atom is 0.0794 e. The van der Waals surface area contributed by atoms with Crippen LogP contribution in [0.3, 0.4) is 0 Å². The normalized spacial score (nSPS) is 20.5. The lowest BCUT2D eigenvalue weighted by atomic mass is 9.92. The highest BCUT2D eigenvalue weighted by atomic mass is 32.1. The third-order valence-corrected chi connectivity index (χ3v) is 4.48. The molecule has 3 heterocycles. The molecule has 1 saturated heterocycles. The van der Waals surface area contributed by atoms with Gasteiger partial charge in [-0.25, -0.2) is 0 Å². The summed E-state index contributed by atoms with van der Waals surface area (Å²) in [6, 6.07) is 4.22. The highest BCUT2D eigenvalue weighted by Crippen LogP contribution is 2.22. The van der Waals surface area contributed by atoms with E-state index in [-0.39, 0.29) is 0 Å². The van der Waals surface area contributed by atoms with Gasteiger partial charge in [-0.3, -0.25) is 14.9 Å². The number of hydrogen-bond acceptors (Lipinski definition) is 4. The van der Waals surface area contributed by atoms with Gasteiger partial charge in [-0.05, 0) is 43.4 Å². The molecule has 19 heavy (non-hydrogen) atoms. The first-order valence-corrected chi connectivity index (χ1v) is 7.77. The van der Waals surface area contributed by atoms with Crippen molar-refractivity contribution < 1.29 is 0 Å². The van der Waals surface area contributed by atoms with Gasteiger partial charge in [0.05, 0.1) is 5.51 Å². The molecule has 4 heteroatoms. The molecule has 1 aliphatic heterocycles. The van der Waals surface area contributed by atoms with E-state index in [4.69, 9.17) is 0 Å². The Kier molecular flexibility index (Phi) is 4.20. The number of hydrogen-bond donors (Lipinski definition) is 0. The number of thiazole rings is 1. The standard InChI is InChI=1S/C15H19N3S/c1-3-13(8-16-5-1)7-14-4-2-6-18(10-14)11-15-9-17-12-19-15/h1,3,5,8-9,12,14H,2,4,6-7,10-11H2. The molecular formula is C15H19N3S. The van der Waals surface area contributed by atoms with Gasteiger partial charge in [-0.2, -0.15) is 0 Å². The first-order chi connectivity index (χ1) is 9.40. The molecular weight excluding hydrogens is 254 g/mol. The average Bonchev–Trinajstić information content (AvgIpc) is 2.93. The van der Waals surface area contributed by atoms with Crippen molar-refractivity contribution in [1.82, 2.24) is 14.9 Å². The van der Waals surface area contributed by atoms with Crippen LogP contribution in [-0.2, 0) is 13.0 Å². The summed E-state index contributed by atoms with van der Waals surface area (Å²) in [5, 5.41) is 0. The lowest BCUT2D eigenvalue weighted by molar-refractivity contribution is 0.168. The Hall–Kier alpha value is -1.26. The second-order valence-corrected chi connectivity index (χ2v) is 6.25. The number of nitrogens with zero attached hydrogens (tertiary/aromatic N) is 3. The molecule has 3 rings (SSSR count). The van der Waals surface area contributed by atoms with E-state index in [2.05, 4.69) is 20.9 Å². The monoisotopic (exact) mass is 273 g/mol. The van der Waals surface area contributed by atoms with Crippen LogP contribution in [0.4, 0.5) is 0 Å². The van der Waals surface area contributed by atoms with Gasteiger partial charge < -0.3 is 0 Å². The van der Waals surface area contributed by atoms with Gasteiger partial charge in [0.15, 0.2) is 0 Å². The van der Waals surface area contributed by atoms with Gasteiger partial charge in [-0.1, -0.05) is 6.07 Å². The molecule has 1 fully saturated rings. The van der Waals surface area contributed by atoms with E-state index in [1.807, 2.05) is 30.2 Å². The van der Waals surface area contributed by atoms with Crippen LogP contribution in [0.2, 0.25) is 0 Å². The fraction of sp³-hybridized carbons (Fsp3) is 0.467. The minimum absolute atomic E-state index is 0.769. The largest absolute Gasteiger partial charge is 0.298 e. The molecule has 0 radical (unpaired) electrons. The van der Waals surface area contributed by atoms with Crippen LogP contribution in [-0.4, -0.2) is 28.0 Å². The Balaban J connectivity index is 1.56. The number of piperidine rings is 1. The zero-order valence-corrected chi connectivity index (χ0v) is 11.9. The molecule has 0 saturated carbocycles. The van der Waals surface area contributed by atoms with Crippen molar-refractivity contribution in [3.63, 3.8) is 0 Å². The molecule has 0 aliphatic carbocycles. The summed E-state index contributed by atoms with van der Waals surface area (Å²) >= 11 is 1.76. The summed E-state index contributed by atoms with van der Waals surface area (Å²) < 4.78 is 0. The highest BCUT2D eigenvalue weighted by molar-refractivity contribution is 7.09. The molecule has 2 aromatic heterocycles. The van der Waals surface area contributed by atoms with Crippen molar-refractivity contribution in [2.24, 2.45) is 5.92 Å². The molecule has 0 spiro atoms. The lowest BCUT2D eigenvalue weighted by Gasteiger charge is -2.32. The van der Waals surface area contributed by atoms with Crippen LogP contribution in [0.15, 0.2) is 36.2 Å². The Bertz CT molecular complexity index is 483. The third-order valence-electron chi connectivity index (χ3n) is 3.71. The Morgan fingerprint density at radius 3 is 3.11 bits per heavy atom. The van der Waals surface area contributed by atoms with Crippen molar-refractivity contribution in [2.45, 2.75) is 25.8 Å². The van der Waals surface area contributed by atoms with Gasteiger partial charge in [0.25, 0.3) is 0 Å². The summed E-state index contributed by atoms with van der Waals surface area (Å²) in [7, 11) is 0. The lowest BCUT2D eigenvalue weighted by Crippen LogP contribution is -2.35. The summed E-state index contributed by atoms with van der Waals surface area (Å²) in [6.45, 7) is 3.49. The van der Waals surface area contributed by atoms with Crippen molar-refractivity contribution in [2.75, 3.05) is 13.1 Å². The Labute approximate surface area is 118 Å². The number of rotatable bonds is 4. The maximum atomic E-state index is 4.21. The van der Waals surface area contributed by atoms with E-state index in [9.17, 15) is 0 Å². The summed E-state index contributed by atoms with van der Waals surface area (Å²) in [4.78, 5) is 12.3. The van der Waals surface area contributed by atoms with Crippen molar-refractivity contribution in [1.29, 1.82) is 0 Å². The zero-order chi connectivity index (χ0) is 12.9. The molecule has 1 atom stereocenters. The van der Waals surface area contributed by atoms with Gasteiger partial charge in [0, 0.05) is 36.6 Å². The van der Waals surface area contributed by atoms with Gasteiger partial charge in [0.1, 0.15) is 0 Å². The summed E-state index contributed by atoms with van der Waals surface area (Å²) in [5.74, 6) is 0.769. The minimum Gasteiger partial charge on any atom is -0.298 e. The smallest absolute Gasteiger partial charge is 0.0794 e. The molecule has 0 amide bonds. The van der Waals surface area contributed by atoms with Crippen LogP contribution in [0.1, 0.15) is 23.3 Å². The fourth-order valence-corrected chi connectivity index (χ4v) is 3.49. The van der Waals surface area contributed by atoms with E-state index in [1.165, 1.54) is 36.4 Å². The van der Waals surface area contributed by atoms with Crippen LogP contribution in [0.25, 0.3) is 0 Å². The van der Waals surface area contributed by atoms with E-state index in [1.54, 1.807) is 11.3 Å². The Morgan fingerprint density at radius 2 is 2.32 bits per heavy atom. The first-order valence-electron chi connectivity index (χ1n) is 6.89. The fourth-order valence-electron chi connectivity index (χ4n) is 2.85. The van der Waals surface area contributed by atoms with Crippen molar-refractivity contribution >= 4 is 11.3 Å². The topological polar surface area (TPSA) is 29.0 Å². The quantitative estimate of drug-likeness (QED) is 0.857. The zero-order valence-electron chi connectivity index (χ0n) is 11.0. The number of pyridine rings is 1. The highest BCUT2D eigenvalue weighted by Gasteiger charge is 2.20. The van der Waals surface area contributed by atoms with Crippen molar-refractivity contribution in [3.05, 3.63) is 46.7 Å². The Morgan fingerprint density at radius 1 is 1.32 bits per heavy atom. The number of likely N-dealkylation sites (tertiary alicyclic amines) is 1. The summed E-state index contributed by atoms with van der Waals surface area (Å²) in [5.41, 5.74) is 3.29. The maximum absolute atomic E-state index is 4.21. The van der Waals surface area contributed by atoms with Crippen LogP contribution < -0.4 is 0 Å². The predicted octanol–water partition coefficient (Wildman–Crippen LogP) is 2.99. The van der Waals surface area contributed by atoms with Crippen LogP contribution in [0.5, 0.6) is 0 Å². The van der Waals surface area contributed by atoms with Gasteiger partial charge in [0.2, 0.25) is 0 Å². The second kappa shape index (κ2) is 6.26. The van der Waals surface area contributed by atoms with Crippen LogP contribution >= 0.6 is 11.3 Å². The van der Waals surface area contributed by atoms with Crippen molar-refractivity contribution in [3.8, 4) is 0 Å². The number of aromatic nitrogens is 2. The molecule has 1 unspecified atom stereocenters. The predicted molar refractivity (Wildman–Crippen MR) is 78.1 cm³/mol. The molecule has 100 valence electrons. The van der Waals surface area contributed by atoms with E-state index in [0.29, 0.717) is 0 Å². The van der Waals surface area contributed by atoms with Gasteiger partial charge >= 0.3 is 0 Å². The first kappa shape index (κ1) is 12.8. The average molecular weight is 273 g/mol. The molecule has 1 aliphatic rings.